The minimum Gasteiger partial charge on any atom is -0.377 e. The molecule has 1 aromatic rings. The molecule has 154 valence electrons. The largest absolute Gasteiger partial charge is 0.377 e. The summed E-state index contributed by atoms with van der Waals surface area (Å²) >= 11 is 0. The quantitative estimate of drug-likeness (QED) is 0.332. The maximum absolute atomic E-state index is 5.44. The van der Waals surface area contributed by atoms with Gasteiger partial charge in [-0.15, -0.1) is 24.0 Å². The Morgan fingerprint density at radius 3 is 2.30 bits per heavy atom. The molecule has 27 heavy (non-hydrogen) atoms. The van der Waals surface area contributed by atoms with Gasteiger partial charge in [0.15, 0.2) is 5.96 Å². The third-order valence-electron chi connectivity index (χ3n) is 5.08. The van der Waals surface area contributed by atoms with Crippen molar-refractivity contribution in [3.05, 3.63) is 35.4 Å². The lowest BCUT2D eigenvalue weighted by atomic mass is 9.98. The molecule has 5 nitrogen and oxygen atoms in total. The molecule has 2 N–H and O–H groups in total. The molecule has 1 heterocycles. The summed E-state index contributed by atoms with van der Waals surface area (Å²) in [6, 6.07) is 8.54. The first-order chi connectivity index (χ1) is 12.5. The minimum atomic E-state index is 0. The normalized spacial score (nSPS) is 15.9. The molecular formula is C21H37IN4O. The summed E-state index contributed by atoms with van der Waals surface area (Å²) in [6.07, 6.45) is 4.00. The monoisotopic (exact) mass is 488 g/mol. The van der Waals surface area contributed by atoms with Crippen LogP contribution in [0, 0.1) is 0 Å². The Balaban J connectivity index is 0.00000364. The Kier molecular flexibility index (Phi) is 11.3. The number of hydrogen-bond donors (Lipinski definition) is 2. The number of nitrogens with zero attached hydrogens (tertiary/aromatic N) is 2. The summed E-state index contributed by atoms with van der Waals surface area (Å²) in [7, 11) is 1.83. The number of benzene rings is 1. The van der Waals surface area contributed by atoms with Crippen molar-refractivity contribution in [1.29, 1.82) is 0 Å². The zero-order chi connectivity index (χ0) is 18.8. The van der Waals surface area contributed by atoms with Crippen LogP contribution in [0.15, 0.2) is 29.3 Å². The molecular weight excluding hydrogens is 451 g/mol. The smallest absolute Gasteiger partial charge is 0.191 e. The molecule has 0 radical (unpaired) electrons. The van der Waals surface area contributed by atoms with Gasteiger partial charge < -0.3 is 15.4 Å². The van der Waals surface area contributed by atoms with Crippen LogP contribution in [0.3, 0.4) is 0 Å². The van der Waals surface area contributed by atoms with Crippen LogP contribution < -0.4 is 10.6 Å². The lowest BCUT2D eigenvalue weighted by Gasteiger charge is -2.41. The third-order valence-corrected chi connectivity index (χ3v) is 5.08. The first-order valence-corrected chi connectivity index (χ1v) is 9.90. The molecule has 0 spiro atoms. The zero-order valence-electron chi connectivity index (χ0n) is 17.4. The van der Waals surface area contributed by atoms with Crippen molar-refractivity contribution in [2.75, 3.05) is 33.3 Å². The predicted molar refractivity (Wildman–Crippen MR) is 125 cm³/mol. The van der Waals surface area contributed by atoms with Gasteiger partial charge in [-0.25, -0.2) is 0 Å². The predicted octanol–water partition coefficient (Wildman–Crippen LogP) is 3.77. The maximum Gasteiger partial charge on any atom is 0.191 e. The fourth-order valence-corrected chi connectivity index (χ4v) is 3.29. The Morgan fingerprint density at radius 2 is 1.70 bits per heavy atom. The highest BCUT2D eigenvalue weighted by atomic mass is 127. The number of likely N-dealkylation sites (tertiary alicyclic amines) is 1. The summed E-state index contributed by atoms with van der Waals surface area (Å²) in [5, 5.41) is 6.91. The fourth-order valence-electron chi connectivity index (χ4n) is 3.29. The van der Waals surface area contributed by atoms with E-state index in [4.69, 9.17) is 4.74 Å². The number of ether oxygens (including phenoxy) is 1. The van der Waals surface area contributed by atoms with Crippen LogP contribution in [0.1, 0.15) is 51.2 Å². The van der Waals surface area contributed by atoms with Gasteiger partial charge in [0.1, 0.15) is 0 Å². The SMILES string of the molecule is CCOCc1ccc(CNC(=NC)NCC(C)(C)N2CCCCC2)cc1.I. The second kappa shape index (κ2) is 12.6. The molecule has 1 fully saturated rings. The summed E-state index contributed by atoms with van der Waals surface area (Å²) in [6.45, 7) is 12.1. The summed E-state index contributed by atoms with van der Waals surface area (Å²) in [5.41, 5.74) is 2.59. The molecule has 0 bridgehead atoms. The van der Waals surface area contributed by atoms with E-state index in [1.54, 1.807) is 0 Å². The van der Waals surface area contributed by atoms with E-state index in [1.807, 2.05) is 14.0 Å². The number of halogens is 1. The standard InChI is InChI=1S/C21H36N4O.HI/c1-5-26-16-19-11-9-18(10-12-19)15-23-20(22-4)24-17-21(2,3)25-13-7-6-8-14-25;/h9-12H,5-8,13-17H2,1-4H3,(H2,22,23,24);1H. The van der Waals surface area contributed by atoms with Gasteiger partial charge in [-0.1, -0.05) is 30.7 Å². The van der Waals surface area contributed by atoms with Crippen LogP contribution in [-0.4, -0.2) is 49.7 Å². The van der Waals surface area contributed by atoms with Crippen molar-refractivity contribution in [2.24, 2.45) is 4.99 Å². The van der Waals surface area contributed by atoms with Crippen LogP contribution in [0.2, 0.25) is 0 Å². The highest BCUT2D eigenvalue weighted by Crippen LogP contribution is 2.19. The highest BCUT2D eigenvalue weighted by molar-refractivity contribution is 14.0. The average molecular weight is 488 g/mol. The number of piperidine rings is 1. The molecule has 1 aromatic carbocycles. The molecule has 0 unspecified atom stereocenters. The van der Waals surface area contributed by atoms with E-state index in [9.17, 15) is 0 Å². The second-order valence-corrected chi connectivity index (χ2v) is 7.59. The maximum atomic E-state index is 5.44. The van der Waals surface area contributed by atoms with Gasteiger partial charge in [0.05, 0.1) is 6.61 Å². The van der Waals surface area contributed by atoms with E-state index in [-0.39, 0.29) is 29.5 Å². The number of guanidine groups is 1. The van der Waals surface area contributed by atoms with Crippen LogP contribution >= 0.6 is 24.0 Å². The third kappa shape index (κ3) is 8.35. The van der Waals surface area contributed by atoms with Gasteiger partial charge in [-0.3, -0.25) is 9.89 Å². The Bertz CT molecular complexity index is 554. The average Bonchev–Trinajstić information content (AvgIpc) is 2.68. The highest BCUT2D eigenvalue weighted by Gasteiger charge is 2.27. The summed E-state index contributed by atoms with van der Waals surface area (Å²) in [5.74, 6) is 0.855. The van der Waals surface area contributed by atoms with E-state index < -0.39 is 0 Å². The second-order valence-electron chi connectivity index (χ2n) is 7.59. The molecule has 0 atom stereocenters. The minimum absolute atomic E-state index is 0. The van der Waals surface area contributed by atoms with Crippen LogP contribution in [0.4, 0.5) is 0 Å². The Labute approximate surface area is 182 Å². The van der Waals surface area contributed by atoms with Crippen molar-refractivity contribution < 1.29 is 4.74 Å². The molecule has 1 aliphatic heterocycles. The fraction of sp³-hybridized carbons (Fsp3) is 0.667. The van der Waals surface area contributed by atoms with E-state index >= 15 is 0 Å². The lowest BCUT2D eigenvalue weighted by molar-refractivity contribution is 0.0982. The number of rotatable bonds is 8. The molecule has 0 aliphatic carbocycles. The Hall–Kier alpha value is -0.860. The van der Waals surface area contributed by atoms with Gasteiger partial charge in [0, 0.05) is 32.3 Å². The van der Waals surface area contributed by atoms with Crippen LogP contribution in [0.5, 0.6) is 0 Å². The van der Waals surface area contributed by atoms with Crippen molar-refractivity contribution in [3.8, 4) is 0 Å². The molecule has 0 amide bonds. The van der Waals surface area contributed by atoms with Crippen molar-refractivity contribution in [3.63, 3.8) is 0 Å². The van der Waals surface area contributed by atoms with Crippen molar-refractivity contribution in [1.82, 2.24) is 15.5 Å². The number of hydrogen-bond acceptors (Lipinski definition) is 3. The molecule has 0 saturated carbocycles. The van der Waals surface area contributed by atoms with Gasteiger partial charge in [-0.05, 0) is 57.8 Å². The Morgan fingerprint density at radius 1 is 1.07 bits per heavy atom. The van der Waals surface area contributed by atoms with Crippen LogP contribution in [0.25, 0.3) is 0 Å². The van der Waals surface area contributed by atoms with Crippen molar-refractivity contribution >= 4 is 29.9 Å². The van der Waals surface area contributed by atoms with E-state index in [2.05, 4.69) is 58.6 Å². The van der Waals surface area contributed by atoms with E-state index in [0.29, 0.717) is 6.61 Å². The zero-order valence-corrected chi connectivity index (χ0v) is 19.7. The molecule has 2 rings (SSSR count). The molecule has 0 aromatic heterocycles. The first kappa shape index (κ1) is 24.2. The first-order valence-electron chi connectivity index (χ1n) is 9.90. The number of aliphatic imine (C=N–C) groups is 1. The molecule has 6 heteroatoms. The van der Waals surface area contributed by atoms with Gasteiger partial charge >= 0.3 is 0 Å². The van der Waals surface area contributed by atoms with Crippen LogP contribution in [-0.2, 0) is 17.9 Å². The molecule has 1 aliphatic rings. The number of nitrogens with one attached hydrogen (secondary N) is 2. The lowest BCUT2D eigenvalue weighted by Crippen LogP contribution is -2.54. The molecule has 1 saturated heterocycles. The van der Waals surface area contributed by atoms with Gasteiger partial charge in [-0.2, -0.15) is 0 Å². The van der Waals surface area contributed by atoms with E-state index in [1.165, 1.54) is 43.5 Å². The topological polar surface area (TPSA) is 48.9 Å². The summed E-state index contributed by atoms with van der Waals surface area (Å²) < 4.78 is 5.44. The summed E-state index contributed by atoms with van der Waals surface area (Å²) in [4.78, 5) is 6.96. The van der Waals surface area contributed by atoms with Crippen molar-refractivity contribution in [2.45, 2.75) is 58.7 Å². The van der Waals surface area contributed by atoms with Gasteiger partial charge in [0.2, 0.25) is 0 Å². The van der Waals surface area contributed by atoms with E-state index in [0.717, 1.165) is 25.7 Å². The van der Waals surface area contributed by atoms with Gasteiger partial charge in [0.25, 0.3) is 0 Å².